The Morgan fingerprint density at radius 3 is 2.54 bits per heavy atom. The van der Waals surface area contributed by atoms with Gasteiger partial charge in [0.25, 0.3) is 5.69 Å². The minimum Gasteiger partial charge on any atom is -0.324 e. The number of hydrogen-bond acceptors (Lipinski definition) is 4. The molecule has 0 fully saturated rings. The fraction of sp³-hybridized carbons (Fsp3) is 0.263. The van der Waals surface area contributed by atoms with Crippen molar-refractivity contribution in [2.45, 2.75) is 26.8 Å². The molecule has 2 aromatic carbocycles. The number of carbonyl (C=O) groups is 1. The number of imidazole rings is 1. The van der Waals surface area contributed by atoms with E-state index in [9.17, 15) is 23.7 Å². The maximum Gasteiger partial charge on any atom is 0.271 e. The summed E-state index contributed by atoms with van der Waals surface area (Å²) in [6.45, 7) is 5.32. The molecule has 0 aliphatic rings. The molecule has 0 radical (unpaired) electrons. The minimum absolute atomic E-state index is 0.146. The van der Waals surface area contributed by atoms with Crippen LogP contribution < -0.4 is 5.32 Å². The summed E-state index contributed by atoms with van der Waals surface area (Å²) in [5.41, 5.74) is 1.33. The predicted molar refractivity (Wildman–Crippen MR) is 100.0 cm³/mol. The summed E-state index contributed by atoms with van der Waals surface area (Å²) < 4.78 is 28.6. The van der Waals surface area contributed by atoms with Crippen LogP contribution in [-0.2, 0) is 4.79 Å². The van der Waals surface area contributed by atoms with Crippen molar-refractivity contribution in [3.63, 3.8) is 0 Å². The number of rotatable bonds is 5. The number of aryl methyl sites for hydroxylation is 1. The lowest BCUT2D eigenvalue weighted by Gasteiger charge is -2.23. The van der Waals surface area contributed by atoms with Gasteiger partial charge in [0, 0.05) is 24.3 Å². The average Bonchev–Trinajstić information content (AvgIpc) is 2.99. The van der Waals surface area contributed by atoms with Crippen molar-refractivity contribution in [2.75, 3.05) is 5.32 Å². The molecule has 1 amide bonds. The SMILES string of the molecule is Cc1ccc([N+](=O)[O-])cc1NC(=O)[C@H](C(C)C)n1cnc2cc(F)c(F)cc21. The van der Waals surface area contributed by atoms with Crippen LogP contribution in [0.15, 0.2) is 36.7 Å². The van der Waals surface area contributed by atoms with Crippen molar-refractivity contribution in [3.05, 3.63) is 64.0 Å². The molecule has 0 unspecified atom stereocenters. The highest BCUT2D eigenvalue weighted by atomic mass is 19.2. The molecule has 1 N–H and O–H groups in total. The molecule has 7 nitrogen and oxygen atoms in total. The van der Waals surface area contributed by atoms with Gasteiger partial charge in [-0.1, -0.05) is 19.9 Å². The van der Waals surface area contributed by atoms with Gasteiger partial charge in [0.1, 0.15) is 6.04 Å². The maximum absolute atomic E-state index is 13.7. The topological polar surface area (TPSA) is 90.1 Å². The number of anilines is 1. The van der Waals surface area contributed by atoms with Gasteiger partial charge >= 0.3 is 0 Å². The van der Waals surface area contributed by atoms with Crippen molar-refractivity contribution >= 4 is 28.3 Å². The summed E-state index contributed by atoms with van der Waals surface area (Å²) in [5, 5.41) is 13.7. The normalized spacial score (nSPS) is 12.4. The summed E-state index contributed by atoms with van der Waals surface area (Å²) in [7, 11) is 0. The van der Waals surface area contributed by atoms with E-state index in [0.29, 0.717) is 11.3 Å². The van der Waals surface area contributed by atoms with Crippen molar-refractivity contribution in [1.29, 1.82) is 0 Å². The van der Waals surface area contributed by atoms with Gasteiger partial charge in [-0.15, -0.1) is 0 Å². The van der Waals surface area contributed by atoms with Crippen LogP contribution in [0.3, 0.4) is 0 Å². The zero-order chi connectivity index (χ0) is 20.6. The van der Waals surface area contributed by atoms with Crippen molar-refractivity contribution in [1.82, 2.24) is 9.55 Å². The number of halogens is 2. The Balaban J connectivity index is 2.00. The lowest BCUT2D eigenvalue weighted by Crippen LogP contribution is -2.30. The average molecular weight is 388 g/mol. The second-order valence-corrected chi connectivity index (χ2v) is 6.84. The molecule has 0 aliphatic carbocycles. The number of carbonyl (C=O) groups excluding carboxylic acids is 1. The smallest absolute Gasteiger partial charge is 0.271 e. The zero-order valence-corrected chi connectivity index (χ0v) is 15.4. The van der Waals surface area contributed by atoms with E-state index in [4.69, 9.17) is 0 Å². The van der Waals surface area contributed by atoms with Crippen LogP contribution in [-0.4, -0.2) is 20.4 Å². The van der Waals surface area contributed by atoms with Gasteiger partial charge in [0.15, 0.2) is 11.6 Å². The van der Waals surface area contributed by atoms with E-state index in [-0.39, 0.29) is 22.6 Å². The van der Waals surface area contributed by atoms with Crippen molar-refractivity contribution in [2.24, 2.45) is 5.92 Å². The molecule has 1 aromatic heterocycles. The number of non-ortho nitro benzene ring substituents is 1. The van der Waals surface area contributed by atoms with Crippen LogP contribution >= 0.6 is 0 Å². The van der Waals surface area contributed by atoms with Gasteiger partial charge in [-0.3, -0.25) is 14.9 Å². The second kappa shape index (κ2) is 7.34. The Kier molecular flexibility index (Phi) is 5.08. The molecule has 3 aromatic rings. The van der Waals surface area contributed by atoms with E-state index < -0.39 is 28.5 Å². The third kappa shape index (κ3) is 3.55. The van der Waals surface area contributed by atoms with E-state index in [1.807, 2.05) is 0 Å². The van der Waals surface area contributed by atoms with Gasteiger partial charge in [0.05, 0.1) is 28.0 Å². The molecule has 1 atom stereocenters. The molecule has 0 saturated carbocycles. The predicted octanol–water partition coefficient (Wildman–Crippen LogP) is 4.37. The number of benzene rings is 2. The number of aromatic nitrogens is 2. The Morgan fingerprint density at radius 1 is 1.21 bits per heavy atom. The van der Waals surface area contributed by atoms with E-state index in [1.165, 1.54) is 23.0 Å². The summed E-state index contributed by atoms with van der Waals surface area (Å²) in [5.74, 6) is -2.71. The molecule has 28 heavy (non-hydrogen) atoms. The quantitative estimate of drug-likeness (QED) is 0.519. The first-order valence-corrected chi connectivity index (χ1v) is 8.56. The van der Waals surface area contributed by atoms with Gasteiger partial charge < -0.3 is 9.88 Å². The lowest BCUT2D eigenvalue weighted by atomic mass is 10.0. The fourth-order valence-corrected chi connectivity index (χ4v) is 3.06. The number of nitro groups is 1. The first-order chi connectivity index (χ1) is 13.2. The maximum atomic E-state index is 13.7. The van der Waals surface area contributed by atoms with Gasteiger partial charge in [-0.05, 0) is 18.4 Å². The zero-order valence-electron chi connectivity index (χ0n) is 15.4. The van der Waals surface area contributed by atoms with Gasteiger partial charge in [-0.2, -0.15) is 0 Å². The van der Waals surface area contributed by atoms with E-state index in [0.717, 1.165) is 12.1 Å². The number of amides is 1. The van der Waals surface area contributed by atoms with E-state index in [1.54, 1.807) is 26.8 Å². The Bertz CT molecular complexity index is 1080. The van der Waals surface area contributed by atoms with Crippen molar-refractivity contribution in [3.8, 4) is 0 Å². The first kappa shape index (κ1) is 19.4. The summed E-state index contributed by atoms with van der Waals surface area (Å²) in [6, 6.07) is 5.37. The van der Waals surface area contributed by atoms with Gasteiger partial charge in [-0.25, -0.2) is 13.8 Å². The van der Waals surface area contributed by atoms with E-state index >= 15 is 0 Å². The third-order valence-corrected chi connectivity index (χ3v) is 4.51. The summed E-state index contributed by atoms with van der Waals surface area (Å²) in [6.07, 6.45) is 1.36. The monoisotopic (exact) mass is 388 g/mol. The van der Waals surface area contributed by atoms with Crippen LogP contribution in [0.2, 0.25) is 0 Å². The van der Waals surface area contributed by atoms with Crippen LogP contribution in [0, 0.1) is 34.6 Å². The molecule has 9 heteroatoms. The summed E-state index contributed by atoms with van der Waals surface area (Å²) >= 11 is 0. The fourth-order valence-electron chi connectivity index (χ4n) is 3.06. The number of nitrogens with zero attached hydrogens (tertiary/aromatic N) is 3. The number of nitro benzene ring substituents is 1. The molecule has 0 saturated heterocycles. The molecule has 0 bridgehead atoms. The highest BCUT2D eigenvalue weighted by Crippen LogP contribution is 2.28. The lowest BCUT2D eigenvalue weighted by molar-refractivity contribution is -0.384. The number of nitrogens with one attached hydrogen (secondary N) is 1. The Labute approximate surface area is 159 Å². The number of fused-ring (bicyclic) bond motifs is 1. The largest absolute Gasteiger partial charge is 0.324 e. The minimum atomic E-state index is -1.04. The van der Waals surface area contributed by atoms with Crippen molar-refractivity contribution < 1.29 is 18.5 Å². The summed E-state index contributed by atoms with van der Waals surface area (Å²) in [4.78, 5) is 27.5. The first-order valence-electron chi connectivity index (χ1n) is 8.56. The highest BCUT2D eigenvalue weighted by Gasteiger charge is 2.27. The van der Waals surface area contributed by atoms with Crippen LogP contribution in [0.25, 0.3) is 11.0 Å². The van der Waals surface area contributed by atoms with Crippen LogP contribution in [0.4, 0.5) is 20.2 Å². The standard InChI is InChI=1S/C19H18F2N4O3/c1-10(2)18(24-9-22-16-7-13(20)14(21)8-17(16)24)19(26)23-15-6-12(25(27)28)5-4-11(15)3/h4-10,18H,1-3H3,(H,23,26)/t18-/m0/s1. The molecule has 3 rings (SSSR count). The Hall–Kier alpha value is -3.36. The number of hydrogen-bond donors (Lipinski definition) is 1. The van der Waals surface area contributed by atoms with Crippen LogP contribution in [0.1, 0.15) is 25.5 Å². The third-order valence-electron chi connectivity index (χ3n) is 4.51. The highest BCUT2D eigenvalue weighted by molar-refractivity contribution is 5.96. The van der Waals surface area contributed by atoms with Crippen LogP contribution in [0.5, 0.6) is 0 Å². The van der Waals surface area contributed by atoms with Gasteiger partial charge in [0.2, 0.25) is 5.91 Å². The second-order valence-electron chi connectivity index (χ2n) is 6.84. The van der Waals surface area contributed by atoms with E-state index in [2.05, 4.69) is 10.3 Å². The Morgan fingerprint density at radius 2 is 1.89 bits per heavy atom. The molecule has 146 valence electrons. The molecule has 0 spiro atoms. The molecule has 0 aliphatic heterocycles. The molecular formula is C19H18F2N4O3. The molecule has 1 heterocycles. The molecular weight excluding hydrogens is 370 g/mol.